The normalized spacial score (nSPS) is 14.7. The van der Waals surface area contributed by atoms with Crippen LogP contribution in [-0.2, 0) is 15.7 Å². The summed E-state index contributed by atoms with van der Waals surface area (Å²) < 4.78 is 55.3. The summed E-state index contributed by atoms with van der Waals surface area (Å²) in [6.07, 6.45) is -4.73. The Morgan fingerprint density at radius 1 is 0.976 bits per heavy atom. The van der Waals surface area contributed by atoms with Crippen LogP contribution in [0, 0.1) is 0 Å². The molecular formula is C32H27F3N2O4. The molecule has 3 aromatic carbocycles. The summed E-state index contributed by atoms with van der Waals surface area (Å²) in [5.74, 6) is -1.65. The maximum atomic E-state index is 14.6. The van der Waals surface area contributed by atoms with E-state index in [-0.39, 0.29) is 29.0 Å². The SMILES string of the molecule is CCOC(=O)C1=C(C)Nc2cc(-c3ccccc3OC)n(-c3ccccc3)c(=O)c2C1c1ccccc1C(F)(F)F. The largest absolute Gasteiger partial charge is 0.496 e. The quantitative estimate of drug-likeness (QED) is 0.259. The van der Waals surface area contributed by atoms with Gasteiger partial charge in [-0.2, -0.15) is 13.2 Å². The molecule has 1 unspecified atom stereocenters. The lowest BCUT2D eigenvalue weighted by molar-refractivity contribution is -0.140. The van der Waals surface area contributed by atoms with Gasteiger partial charge in [0.1, 0.15) is 5.75 Å². The summed E-state index contributed by atoms with van der Waals surface area (Å²) in [6.45, 7) is 3.21. The van der Waals surface area contributed by atoms with Crippen molar-refractivity contribution < 1.29 is 27.4 Å². The van der Waals surface area contributed by atoms with E-state index in [1.54, 1.807) is 74.5 Å². The van der Waals surface area contributed by atoms with Crippen LogP contribution in [0.4, 0.5) is 18.9 Å². The molecule has 1 N–H and O–H groups in total. The molecule has 1 aromatic heterocycles. The number of methoxy groups -OCH3 is 1. The van der Waals surface area contributed by atoms with Crippen molar-refractivity contribution in [1.29, 1.82) is 0 Å². The Hall–Kier alpha value is -4.79. The van der Waals surface area contributed by atoms with E-state index in [2.05, 4.69) is 5.32 Å². The maximum absolute atomic E-state index is 14.6. The molecule has 5 rings (SSSR count). The highest BCUT2D eigenvalue weighted by Crippen LogP contribution is 2.46. The number of para-hydroxylation sites is 2. The van der Waals surface area contributed by atoms with E-state index in [0.717, 1.165) is 6.07 Å². The molecule has 41 heavy (non-hydrogen) atoms. The van der Waals surface area contributed by atoms with E-state index in [1.165, 1.54) is 29.9 Å². The number of carbonyl (C=O) groups is 1. The number of nitrogens with zero attached hydrogens (tertiary/aromatic N) is 1. The number of halogens is 3. The van der Waals surface area contributed by atoms with Gasteiger partial charge >= 0.3 is 12.1 Å². The Bertz CT molecular complexity index is 1710. The lowest BCUT2D eigenvalue weighted by Gasteiger charge is -2.32. The molecule has 0 aliphatic carbocycles. The average molecular weight is 561 g/mol. The fourth-order valence-corrected chi connectivity index (χ4v) is 5.32. The third kappa shape index (κ3) is 4.99. The first-order valence-corrected chi connectivity index (χ1v) is 13.0. The number of hydrogen-bond donors (Lipinski definition) is 1. The number of allylic oxidation sites excluding steroid dienone is 1. The second kappa shape index (κ2) is 11.0. The molecule has 0 saturated carbocycles. The summed E-state index contributed by atoms with van der Waals surface area (Å²) in [5.41, 5.74) is 0.336. The zero-order valence-electron chi connectivity index (χ0n) is 22.6. The molecule has 2 heterocycles. The lowest BCUT2D eigenvalue weighted by Crippen LogP contribution is -2.34. The number of anilines is 1. The van der Waals surface area contributed by atoms with Gasteiger partial charge in [0.05, 0.1) is 47.7 Å². The number of alkyl halides is 3. The van der Waals surface area contributed by atoms with Crippen LogP contribution in [0.1, 0.15) is 36.5 Å². The maximum Gasteiger partial charge on any atom is 0.416 e. The minimum atomic E-state index is -4.73. The second-order valence-corrected chi connectivity index (χ2v) is 9.44. The highest BCUT2D eigenvalue weighted by Gasteiger charge is 2.42. The minimum absolute atomic E-state index is 0.00199. The second-order valence-electron chi connectivity index (χ2n) is 9.44. The van der Waals surface area contributed by atoms with Gasteiger partial charge in [0.2, 0.25) is 0 Å². The fourth-order valence-electron chi connectivity index (χ4n) is 5.32. The van der Waals surface area contributed by atoms with Gasteiger partial charge in [-0.3, -0.25) is 9.36 Å². The highest BCUT2D eigenvalue weighted by molar-refractivity contribution is 5.95. The Balaban J connectivity index is 1.91. The molecule has 0 saturated heterocycles. The van der Waals surface area contributed by atoms with Crippen LogP contribution >= 0.6 is 0 Å². The Labute approximate surface area is 234 Å². The molecule has 6 nitrogen and oxygen atoms in total. The molecule has 0 bridgehead atoms. The fraction of sp³-hybridized carbons (Fsp3) is 0.188. The van der Waals surface area contributed by atoms with Crippen LogP contribution in [0.2, 0.25) is 0 Å². The minimum Gasteiger partial charge on any atom is -0.496 e. The first-order chi connectivity index (χ1) is 19.7. The summed E-state index contributed by atoms with van der Waals surface area (Å²) >= 11 is 0. The van der Waals surface area contributed by atoms with E-state index in [0.29, 0.717) is 28.4 Å². The van der Waals surface area contributed by atoms with E-state index >= 15 is 0 Å². The molecule has 9 heteroatoms. The number of hydrogen-bond acceptors (Lipinski definition) is 5. The van der Waals surface area contributed by atoms with Crippen LogP contribution in [-0.4, -0.2) is 24.3 Å². The molecule has 0 amide bonds. The molecular weight excluding hydrogens is 533 g/mol. The zero-order valence-corrected chi connectivity index (χ0v) is 22.6. The monoisotopic (exact) mass is 560 g/mol. The Morgan fingerprint density at radius 3 is 2.32 bits per heavy atom. The van der Waals surface area contributed by atoms with Crippen LogP contribution < -0.4 is 15.6 Å². The third-order valence-corrected chi connectivity index (χ3v) is 7.02. The van der Waals surface area contributed by atoms with E-state index in [1.807, 2.05) is 0 Å². The molecule has 0 spiro atoms. The van der Waals surface area contributed by atoms with E-state index in [9.17, 15) is 22.8 Å². The third-order valence-electron chi connectivity index (χ3n) is 7.02. The number of esters is 1. The number of fused-ring (bicyclic) bond motifs is 1. The number of rotatable bonds is 6. The predicted octanol–water partition coefficient (Wildman–Crippen LogP) is 6.93. The summed E-state index contributed by atoms with van der Waals surface area (Å²) in [5, 5.41) is 3.12. The highest BCUT2D eigenvalue weighted by atomic mass is 19.4. The number of ether oxygens (including phenoxy) is 2. The number of pyridine rings is 1. The summed E-state index contributed by atoms with van der Waals surface area (Å²) in [6, 6.07) is 22.6. The van der Waals surface area contributed by atoms with E-state index < -0.39 is 29.2 Å². The first kappa shape index (κ1) is 27.8. The summed E-state index contributed by atoms with van der Waals surface area (Å²) in [4.78, 5) is 27.9. The molecule has 4 aromatic rings. The number of carbonyl (C=O) groups excluding carboxylic acids is 1. The number of aromatic nitrogens is 1. The van der Waals surface area contributed by atoms with Crippen molar-refractivity contribution in [3.05, 3.63) is 123 Å². The van der Waals surface area contributed by atoms with Crippen molar-refractivity contribution in [2.75, 3.05) is 19.0 Å². The van der Waals surface area contributed by atoms with Crippen molar-refractivity contribution in [2.24, 2.45) is 0 Å². The topological polar surface area (TPSA) is 69.6 Å². The Kier molecular flexibility index (Phi) is 7.45. The molecule has 1 atom stereocenters. The van der Waals surface area contributed by atoms with Crippen LogP contribution in [0.15, 0.2) is 101 Å². The van der Waals surface area contributed by atoms with E-state index in [4.69, 9.17) is 9.47 Å². The predicted molar refractivity (Wildman–Crippen MR) is 150 cm³/mol. The van der Waals surface area contributed by atoms with Gasteiger partial charge in [0, 0.05) is 16.9 Å². The van der Waals surface area contributed by atoms with Crippen LogP contribution in [0.25, 0.3) is 16.9 Å². The van der Waals surface area contributed by atoms with Gasteiger partial charge in [-0.15, -0.1) is 0 Å². The van der Waals surface area contributed by atoms with Gasteiger partial charge in [-0.1, -0.05) is 48.5 Å². The van der Waals surface area contributed by atoms with Crippen LogP contribution in [0.5, 0.6) is 5.75 Å². The first-order valence-electron chi connectivity index (χ1n) is 13.0. The van der Waals surface area contributed by atoms with Crippen LogP contribution in [0.3, 0.4) is 0 Å². The smallest absolute Gasteiger partial charge is 0.416 e. The van der Waals surface area contributed by atoms with Gasteiger partial charge in [0.25, 0.3) is 5.56 Å². The van der Waals surface area contributed by atoms with Gasteiger partial charge in [-0.25, -0.2) is 4.79 Å². The molecule has 0 radical (unpaired) electrons. The van der Waals surface area contributed by atoms with Crippen molar-refractivity contribution in [3.63, 3.8) is 0 Å². The number of benzene rings is 3. The average Bonchev–Trinajstić information content (AvgIpc) is 2.96. The Morgan fingerprint density at radius 2 is 1.63 bits per heavy atom. The zero-order chi connectivity index (χ0) is 29.3. The number of nitrogens with one attached hydrogen (secondary N) is 1. The summed E-state index contributed by atoms with van der Waals surface area (Å²) in [7, 11) is 1.52. The van der Waals surface area contributed by atoms with Crippen molar-refractivity contribution in [2.45, 2.75) is 25.9 Å². The molecule has 1 aliphatic rings. The molecule has 210 valence electrons. The van der Waals surface area contributed by atoms with Crippen molar-refractivity contribution in [1.82, 2.24) is 4.57 Å². The van der Waals surface area contributed by atoms with Gasteiger partial charge < -0.3 is 14.8 Å². The molecule has 0 fully saturated rings. The van der Waals surface area contributed by atoms with Gasteiger partial charge in [-0.05, 0) is 55.8 Å². The van der Waals surface area contributed by atoms with Gasteiger partial charge in [0.15, 0.2) is 0 Å². The lowest BCUT2D eigenvalue weighted by atomic mass is 9.79. The molecule has 1 aliphatic heterocycles. The van der Waals surface area contributed by atoms with Crippen molar-refractivity contribution in [3.8, 4) is 22.7 Å². The van der Waals surface area contributed by atoms with Crippen molar-refractivity contribution >= 4 is 11.7 Å². The standard InChI is InChI=1S/C32H27F3N2O4/c1-4-41-31(39)27-19(2)36-24-18-25(22-15-9-11-17-26(22)40-3)37(20-12-6-5-7-13-20)30(38)29(24)28(27)21-14-8-10-16-23(21)32(33,34)35/h5-18,28,36H,4H2,1-3H3.